The van der Waals surface area contributed by atoms with Crippen LogP contribution in [0.25, 0.3) is 11.4 Å². The summed E-state index contributed by atoms with van der Waals surface area (Å²) in [6.07, 6.45) is 0. The number of nitro groups is 1. The van der Waals surface area contributed by atoms with Gasteiger partial charge in [0.1, 0.15) is 0 Å². The number of aromatic nitrogens is 3. The summed E-state index contributed by atoms with van der Waals surface area (Å²) in [5, 5.41) is 19.3. The molecule has 0 atom stereocenters. The van der Waals surface area contributed by atoms with Crippen molar-refractivity contribution in [2.75, 3.05) is 23.5 Å². The molecule has 0 unspecified atom stereocenters. The van der Waals surface area contributed by atoms with Crippen LogP contribution in [0, 0.1) is 10.1 Å². The van der Waals surface area contributed by atoms with E-state index in [4.69, 9.17) is 5.84 Å². The Balaban J connectivity index is 1.68. The zero-order chi connectivity index (χ0) is 20.3. The molecule has 0 fully saturated rings. The molecule has 1 amide bonds. The molecule has 3 aromatic rings. The molecule has 11 heteroatoms. The van der Waals surface area contributed by atoms with Crippen molar-refractivity contribution in [1.29, 1.82) is 0 Å². The predicted octanol–water partition coefficient (Wildman–Crippen LogP) is 3.08. The van der Waals surface area contributed by atoms with Crippen molar-refractivity contribution >= 4 is 45.0 Å². The third kappa shape index (κ3) is 4.15. The Morgan fingerprint density at radius 2 is 1.93 bits per heavy atom. The molecule has 0 saturated carbocycles. The summed E-state index contributed by atoms with van der Waals surface area (Å²) in [4.78, 5) is 24.1. The van der Waals surface area contributed by atoms with Crippen molar-refractivity contribution in [3.63, 3.8) is 0 Å². The Labute approximate surface area is 172 Å². The number of nitrogen functional groups attached to an aromatic ring is 1. The molecule has 0 aliphatic rings. The first kappa shape index (κ1) is 19.8. The lowest BCUT2D eigenvalue weighted by molar-refractivity contribution is -0.384. The molecule has 9 nitrogen and oxygen atoms in total. The van der Waals surface area contributed by atoms with Crippen molar-refractivity contribution < 1.29 is 9.72 Å². The number of nitrogens with zero attached hydrogens (tertiary/aromatic N) is 5. The monoisotopic (exact) mass is 462 g/mol. The average molecular weight is 463 g/mol. The average Bonchev–Trinajstić information content (AvgIpc) is 3.06. The standard InChI is InChI=1S/C17H15BrN6O3S/c1-22(11-6-8-12(9-7-11)24(26)27)15(25)10-28-17-21-20-16(23(17)19)13-4-2-3-5-14(13)18/h2-9H,10,19H2,1H3. The number of thioether (sulfide) groups is 1. The van der Waals surface area contributed by atoms with E-state index in [1.165, 1.54) is 33.8 Å². The summed E-state index contributed by atoms with van der Waals surface area (Å²) < 4.78 is 2.17. The molecule has 0 aliphatic heterocycles. The maximum absolute atomic E-state index is 12.4. The number of benzene rings is 2. The number of rotatable bonds is 6. The second-order valence-electron chi connectivity index (χ2n) is 5.67. The topological polar surface area (TPSA) is 120 Å². The van der Waals surface area contributed by atoms with E-state index in [2.05, 4.69) is 26.1 Å². The SMILES string of the molecule is CN(C(=O)CSc1nnc(-c2ccccc2Br)n1N)c1ccc([N+](=O)[O-])cc1. The Hall–Kier alpha value is -2.92. The van der Waals surface area contributed by atoms with E-state index in [0.29, 0.717) is 16.7 Å². The minimum absolute atomic E-state index is 0.0326. The number of carbonyl (C=O) groups is 1. The molecule has 144 valence electrons. The lowest BCUT2D eigenvalue weighted by Crippen LogP contribution is -2.28. The van der Waals surface area contributed by atoms with Crippen LogP contribution in [-0.2, 0) is 4.79 Å². The molecule has 0 aliphatic carbocycles. The maximum Gasteiger partial charge on any atom is 0.269 e. The number of hydrogen-bond donors (Lipinski definition) is 1. The van der Waals surface area contributed by atoms with Crippen LogP contribution in [0.5, 0.6) is 0 Å². The van der Waals surface area contributed by atoms with Crippen molar-refractivity contribution in [2.24, 2.45) is 0 Å². The van der Waals surface area contributed by atoms with Crippen LogP contribution < -0.4 is 10.7 Å². The van der Waals surface area contributed by atoms with Crippen LogP contribution in [0.2, 0.25) is 0 Å². The Bertz CT molecular complexity index is 1020. The van der Waals surface area contributed by atoms with E-state index in [-0.39, 0.29) is 17.3 Å². The van der Waals surface area contributed by atoms with E-state index in [0.717, 1.165) is 21.8 Å². The Morgan fingerprint density at radius 3 is 2.57 bits per heavy atom. The first-order chi connectivity index (χ1) is 13.4. The molecule has 3 rings (SSSR count). The van der Waals surface area contributed by atoms with Crippen LogP contribution in [-0.4, -0.2) is 38.5 Å². The number of non-ortho nitro benzene ring substituents is 1. The summed E-state index contributed by atoms with van der Waals surface area (Å²) in [5.41, 5.74) is 1.31. The molecular weight excluding hydrogens is 448 g/mol. The first-order valence-corrected chi connectivity index (χ1v) is 9.75. The highest BCUT2D eigenvalue weighted by Gasteiger charge is 2.18. The molecule has 1 heterocycles. The van der Waals surface area contributed by atoms with Gasteiger partial charge in [0.2, 0.25) is 11.1 Å². The first-order valence-electron chi connectivity index (χ1n) is 7.97. The normalized spacial score (nSPS) is 10.6. The van der Waals surface area contributed by atoms with Gasteiger partial charge in [-0.1, -0.05) is 39.8 Å². The summed E-state index contributed by atoms with van der Waals surface area (Å²) in [6.45, 7) is 0. The molecule has 2 N–H and O–H groups in total. The Kier molecular flexibility index (Phi) is 5.95. The number of anilines is 1. The van der Waals surface area contributed by atoms with Gasteiger partial charge >= 0.3 is 0 Å². The van der Waals surface area contributed by atoms with Crippen LogP contribution >= 0.6 is 27.7 Å². The van der Waals surface area contributed by atoms with E-state index in [1.807, 2.05) is 24.3 Å². The fourth-order valence-corrected chi connectivity index (χ4v) is 3.60. The van der Waals surface area contributed by atoms with Gasteiger partial charge in [-0.3, -0.25) is 14.9 Å². The molecule has 0 radical (unpaired) electrons. The van der Waals surface area contributed by atoms with Crippen LogP contribution in [0.4, 0.5) is 11.4 Å². The van der Waals surface area contributed by atoms with E-state index in [9.17, 15) is 14.9 Å². The third-order valence-electron chi connectivity index (χ3n) is 3.93. The minimum Gasteiger partial charge on any atom is -0.335 e. The van der Waals surface area contributed by atoms with Gasteiger partial charge in [-0.15, -0.1) is 10.2 Å². The molecule has 0 saturated heterocycles. The summed E-state index contributed by atoms with van der Waals surface area (Å²) in [5.74, 6) is 6.44. The molecular formula is C17H15BrN6O3S. The second kappa shape index (κ2) is 8.40. The maximum atomic E-state index is 12.4. The van der Waals surface area contributed by atoms with Gasteiger partial charge in [0, 0.05) is 34.9 Å². The number of amides is 1. The highest BCUT2D eigenvalue weighted by molar-refractivity contribution is 9.10. The summed E-state index contributed by atoms with van der Waals surface area (Å²) >= 11 is 4.61. The van der Waals surface area contributed by atoms with Crippen molar-refractivity contribution in [3.8, 4) is 11.4 Å². The fraction of sp³-hybridized carbons (Fsp3) is 0.118. The molecule has 2 aromatic carbocycles. The van der Waals surface area contributed by atoms with Crippen molar-refractivity contribution in [2.45, 2.75) is 5.16 Å². The number of nitrogens with two attached hydrogens (primary N) is 1. The predicted molar refractivity (Wildman–Crippen MR) is 111 cm³/mol. The smallest absolute Gasteiger partial charge is 0.269 e. The van der Waals surface area contributed by atoms with Crippen molar-refractivity contribution in [3.05, 3.63) is 63.1 Å². The highest BCUT2D eigenvalue weighted by Crippen LogP contribution is 2.28. The second-order valence-corrected chi connectivity index (χ2v) is 7.47. The van der Waals surface area contributed by atoms with E-state index in [1.54, 1.807) is 7.05 Å². The molecule has 0 spiro atoms. The van der Waals surface area contributed by atoms with Gasteiger partial charge in [0.25, 0.3) is 5.69 Å². The van der Waals surface area contributed by atoms with Gasteiger partial charge in [-0.05, 0) is 24.3 Å². The number of nitro benzene ring substituents is 1. The van der Waals surface area contributed by atoms with Gasteiger partial charge in [0.05, 0.1) is 10.7 Å². The van der Waals surface area contributed by atoms with Crippen LogP contribution in [0.1, 0.15) is 0 Å². The lowest BCUT2D eigenvalue weighted by atomic mass is 10.2. The van der Waals surface area contributed by atoms with Crippen molar-refractivity contribution in [1.82, 2.24) is 14.9 Å². The summed E-state index contributed by atoms with van der Waals surface area (Å²) in [6, 6.07) is 13.2. The van der Waals surface area contributed by atoms with Gasteiger partial charge in [-0.25, -0.2) is 4.68 Å². The summed E-state index contributed by atoms with van der Waals surface area (Å²) in [7, 11) is 1.60. The lowest BCUT2D eigenvalue weighted by Gasteiger charge is -2.16. The zero-order valence-electron chi connectivity index (χ0n) is 14.7. The third-order valence-corrected chi connectivity index (χ3v) is 5.55. The molecule has 0 bridgehead atoms. The highest BCUT2D eigenvalue weighted by atomic mass is 79.9. The van der Waals surface area contributed by atoms with E-state index < -0.39 is 4.92 Å². The molecule has 1 aromatic heterocycles. The van der Waals surface area contributed by atoms with Crippen LogP contribution in [0.15, 0.2) is 58.2 Å². The zero-order valence-corrected chi connectivity index (χ0v) is 17.1. The van der Waals surface area contributed by atoms with Gasteiger partial charge in [0.15, 0.2) is 5.82 Å². The van der Waals surface area contributed by atoms with Gasteiger partial charge in [-0.2, -0.15) is 0 Å². The largest absolute Gasteiger partial charge is 0.335 e. The van der Waals surface area contributed by atoms with Gasteiger partial charge < -0.3 is 10.7 Å². The van der Waals surface area contributed by atoms with E-state index >= 15 is 0 Å². The van der Waals surface area contributed by atoms with Crippen LogP contribution in [0.3, 0.4) is 0 Å². The molecule has 28 heavy (non-hydrogen) atoms. The Morgan fingerprint density at radius 1 is 1.25 bits per heavy atom. The number of halogens is 1. The number of carbonyl (C=O) groups excluding carboxylic acids is 1. The quantitative estimate of drug-likeness (QED) is 0.258. The fourth-order valence-electron chi connectivity index (χ4n) is 2.37. The number of hydrogen-bond acceptors (Lipinski definition) is 7. The minimum atomic E-state index is -0.488.